The molecule has 5 rings (SSSR count). The largest absolute Gasteiger partial charge is 0.494 e. The van der Waals surface area contributed by atoms with Gasteiger partial charge in [-0.15, -0.1) is 0 Å². The normalized spacial score (nSPS) is 12.7. The van der Waals surface area contributed by atoms with Crippen LogP contribution in [0.15, 0.2) is 85.2 Å². The Morgan fingerprint density at radius 2 is 1.44 bits per heavy atom. The summed E-state index contributed by atoms with van der Waals surface area (Å²) in [6.45, 7) is 12.7. The van der Waals surface area contributed by atoms with Gasteiger partial charge in [-0.3, -0.25) is 14.7 Å². The number of nitrogens with one attached hydrogen (secondary N) is 3. The predicted octanol–water partition coefficient (Wildman–Crippen LogP) is 7.31. The van der Waals surface area contributed by atoms with Crippen LogP contribution in [0, 0.1) is 13.8 Å². The quantitative estimate of drug-likeness (QED) is 0.0489. The van der Waals surface area contributed by atoms with E-state index in [0.717, 1.165) is 40.0 Å². The van der Waals surface area contributed by atoms with E-state index in [-0.39, 0.29) is 11.8 Å². The van der Waals surface area contributed by atoms with Gasteiger partial charge in [0.05, 0.1) is 12.3 Å². The van der Waals surface area contributed by atoms with Crippen LogP contribution in [-0.2, 0) is 16.6 Å². The lowest BCUT2D eigenvalue weighted by molar-refractivity contribution is -0.129. The van der Waals surface area contributed by atoms with Crippen LogP contribution in [0.5, 0.6) is 5.75 Å². The molecule has 2 amide bonds. The molecule has 3 aromatic carbocycles. The Labute approximate surface area is 324 Å². The number of rotatable bonds is 17. The molecule has 1 unspecified atom stereocenters. The van der Waals surface area contributed by atoms with Crippen LogP contribution >= 0.6 is 0 Å². The van der Waals surface area contributed by atoms with Crippen LogP contribution in [0.4, 0.5) is 0 Å². The minimum absolute atomic E-state index is 0.0884. The second kappa shape index (κ2) is 18.8. The summed E-state index contributed by atoms with van der Waals surface area (Å²) in [6, 6.07) is 20.5. The highest BCUT2D eigenvalue weighted by molar-refractivity contribution is 5.97. The lowest BCUT2D eigenvalue weighted by Crippen LogP contribution is -2.50. The van der Waals surface area contributed by atoms with Gasteiger partial charge >= 0.3 is 0 Å². The van der Waals surface area contributed by atoms with Gasteiger partial charge in [0.15, 0.2) is 12.1 Å². The number of carbonyl (C=O) groups is 2. The first-order valence-electron chi connectivity index (χ1n) is 19.1. The molecule has 11 heteroatoms. The summed E-state index contributed by atoms with van der Waals surface area (Å²) in [5.41, 5.74) is 6.40. The number of unbranched alkanes of at least 4 members (excludes halogenated alkanes) is 4. The summed E-state index contributed by atoms with van der Waals surface area (Å²) in [6.07, 6.45) is 7.79. The number of amides is 2. The minimum Gasteiger partial charge on any atom is -0.494 e. The zero-order valence-electron chi connectivity index (χ0n) is 32.7. The highest BCUT2D eigenvalue weighted by Crippen LogP contribution is 2.26. The Balaban J connectivity index is 1.28. The molecule has 0 aliphatic rings. The molecule has 0 saturated heterocycles. The van der Waals surface area contributed by atoms with Gasteiger partial charge in [0.25, 0.3) is 5.91 Å². The average Bonchev–Trinajstić information content (AvgIpc) is 3.51. The summed E-state index contributed by atoms with van der Waals surface area (Å²) in [7, 11) is 0. The van der Waals surface area contributed by atoms with Crippen molar-refractivity contribution in [3.63, 3.8) is 0 Å². The molecule has 5 N–H and O–H groups in total. The van der Waals surface area contributed by atoms with E-state index >= 15 is 0 Å². The molecule has 5 aromatic rings. The highest BCUT2D eigenvalue weighted by Gasteiger charge is 2.31. The number of carbonyl (C=O) groups excluding carboxylic acids is 2. The second-order valence-corrected chi connectivity index (χ2v) is 15.1. The molecule has 0 bridgehead atoms. The lowest BCUT2D eigenvalue weighted by Gasteiger charge is -2.25. The Hall–Kier alpha value is -5.39. The van der Waals surface area contributed by atoms with Gasteiger partial charge in [0.1, 0.15) is 17.8 Å². The lowest BCUT2D eigenvalue weighted by atomic mass is 9.86. The molecule has 0 radical (unpaired) electrons. The number of aliphatic hydroxyl groups excluding tert-OH is 1. The zero-order valence-corrected chi connectivity index (χ0v) is 32.7. The molecule has 2 heterocycles. The molecule has 11 nitrogen and oxygen atoms in total. The topological polar surface area (TPSA) is 162 Å². The monoisotopic (exact) mass is 746 g/mol. The summed E-state index contributed by atoms with van der Waals surface area (Å²) in [5, 5.41) is 33.2. The molecule has 0 aliphatic carbocycles. The number of hydrogen-bond donors (Lipinski definition) is 5. The number of hydrogen-bond acceptors (Lipinski definition) is 8. The van der Waals surface area contributed by atoms with Crippen molar-refractivity contribution < 1.29 is 24.5 Å². The molecule has 0 saturated carbocycles. The summed E-state index contributed by atoms with van der Waals surface area (Å²) >= 11 is 0. The van der Waals surface area contributed by atoms with E-state index in [9.17, 15) is 19.8 Å². The van der Waals surface area contributed by atoms with E-state index in [0.29, 0.717) is 34.9 Å². The maximum Gasteiger partial charge on any atom is 0.251 e. The Morgan fingerprint density at radius 1 is 0.800 bits per heavy atom. The van der Waals surface area contributed by atoms with Gasteiger partial charge in [-0.2, -0.15) is 5.10 Å². The maximum atomic E-state index is 13.9. The fourth-order valence-corrected chi connectivity index (χ4v) is 6.43. The first kappa shape index (κ1) is 40.8. The highest BCUT2D eigenvalue weighted by atomic mass is 16.5. The number of aliphatic hydroxyl groups is 2. The zero-order chi connectivity index (χ0) is 39.5. The van der Waals surface area contributed by atoms with Crippen LogP contribution in [-0.4, -0.2) is 61.1 Å². The average molecular weight is 747 g/mol. The smallest absolute Gasteiger partial charge is 0.251 e. The van der Waals surface area contributed by atoms with Gasteiger partial charge < -0.3 is 25.6 Å². The summed E-state index contributed by atoms with van der Waals surface area (Å²) < 4.78 is 5.91. The number of aromatic amines is 1. The summed E-state index contributed by atoms with van der Waals surface area (Å²) in [4.78, 5) is 36.6. The number of aromatic nitrogens is 4. The number of ether oxygens (including phenoxy) is 1. The maximum absolute atomic E-state index is 13.9. The van der Waals surface area contributed by atoms with Crippen LogP contribution in [0.1, 0.15) is 104 Å². The van der Waals surface area contributed by atoms with Crippen molar-refractivity contribution in [2.24, 2.45) is 0 Å². The van der Waals surface area contributed by atoms with Crippen molar-refractivity contribution in [2.75, 3.05) is 6.61 Å². The van der Waals surface area contributed by atoms with Crippen molar-refractivity contribution >= 4 is 11.8 Å². The fraction of sp³-hybridized carbons (Fsp3) is 0.386. The van der Waals surface area contributed by atoms with Crippen LogP contribution in [0.2, 0.25) is 0 Å². The third-order valence-electron chi connectivity index (χ3n) is 9.74. The van der Waals surface area contributed by atoms with E-state index in [2.05, 4.69) is 58.5 Å². The van der Waals surface area contributed by atoms with Crippen molar-refractivity contribution in [1.29, 1.82) is 0 Å². The second-order valence-electron chi connectivity index (χ2n) is 15.1. The third kappa shape index (κ3) is 11.1. The molecule has 2 aromatic heterocycles. The van der Waals surface area contributed by atoms with Crippen LogP contribution in [0.25, 0.3) is 22.5 Å². The van der Waals surface area contributed by atoms with E-state index in [1.165, 1.54) is 25.7 Å². The first-order chi connectivity index (χ1) is 26.3. The van der Waals surface area contributed by atoms with E-state index in [4.69, 9.17) is 4.74 Å². The standard InChI is InChI=1S/C44H54N6O5/c1-7-8-9-10-11-24-55-36-22-18-31(19-23-36)34-26-45-40(46-27-34)32-14-12-30(13-15-32)25-37(47-41(51)33-16-20-35(21-17-33)44(4,5)6)42(52)48-39(43(53)54)38-28(2)49-50-29(38)3/h12-23,26-27,37,39,43,53-54H,7-11,24-25H2,1-6H3,(H,47,51)(H,48,52)(H,49,50)/t37-,39?/m0/s1. The Bertz CT molecular complexity index is 1960. The van der Waals surface area contributed by atoms with Crippen LogP contribution < -0.4 is 15.4 Å². The molecular weight excluding hydrogens is 693 g/mol. The molecule has 290 valence electrons. The SMILES string of the molecule is CCCCCCCOc1ccc(-c2cnc(-c3ccc(C[C@H](NC(=O)c4ccc(C(C)(C)C)cc4)C(=O)NC(c4c(C)n[nH]c4C)C(O)O)cc3)nc2)cc1. The Morgan fingerprint density at radius 3 is 2.02 bits per heavy atom. The molecule has 2 atom stereocenters. The first-order valence-corrected chi connectivity index (χ1v) is 19.1. The Kier molecular flexibility index (Phi) is 13.9. The molecule has 0 fully saturated rings. The van der Waals surface area contributed by atoms with Crippen molar-refractivity contribution in [2.45, 2.75) is 104 Å². The fourth-order valence-electron chi connectivity index (χ4n) is 6.43. The van der Waals surface area contributed by atoms with Gasteiger partial charge in [0, 0.05) is 46.8 Å². The molecular formula is C44H54N6O5. The van der Waals surface area contributed by atoms with Gasteiger partial charge in [-0.05, 0) is 66.6 Å². The van der Waals surface area contributed by atoms with E-state index < -0.39 is 30.2 Å². The van der Waals surface area contributed by atoms with Gasteiger partial charge in [0.2, 0.25) is 5.91 Å². The van der Waals surface area contributed by atoms with Crippen molar-refractivity contribution in [3.05, 3.63) is 119 Å². The number of nitrogens with zero attached hydrogens (tertiary/aromatic N) is 3. The van der Waals surface area contributed by atoms with Crippen molar-refractivity contribution in [3.8, 4) is 28.3 Å². The molecule has 0 spiro atoms. The van der Waals surface area contributed by atoms with E-state index in [1.54, 1.807) is 38.4 Å². The van der Waals surface area contributed by atoms with E-state index in [1.807, 2.05) is 60.7 Å². The number of H-pyrrole nitrogens is 1. The predicted molar refractivity (Wildman–Crippen MR) is 214 cm³/mol. The van der Waals surface area contributed by atoms with Gasteiger partial charge in [-0.1, -0.05) is 102 Å². The van der Waals surface area contributed by atoms with Crippen LogP contribution in [0.3, 0.4) is 0 Å². The minimum atomic E-state index is -1.91. The third-order valence-corrected chi connectivity index (χ3v) is 9.74. The molecule has 0 aliphatic heterocycles. The molecule has 55 heavy (non-hydrogen) atoms. The number of benzene rings is 3. The van der Waals surface area contributed by atoms with Crippen molar-refractivity contribution in [1.82, 2.24) is 30.8 Å². The van der Waals surface area contributed by atoms with Gasteiger partial charge in [-0.25, -0.2) is 9.97 Å². The summed E-state index contributed by atoms with van der Waals surface area (Å²) in [5.74, 6) is 0.385. The number of aryl methyl sites for hydroxylation is 2.